The molecule has 0 aromatic carbocycles. The summed E-state index contributed by atoms with van der Waals surface area (Å²) in [5.41, 5.74) is 0.918. The van der Waals surface area contributed by atoms with Gasteiger partial charge < -0.3 is 5.21 Å². The normalized spacial score (nSPS) is 20.2. The molecule has 0 radical (unpaired) electrons. The molecule has 1 aliphatic heterocycles. The molecule has 1 heterocycles. The Bertz CT molecular complexity index is 384. The molecule has 0 aromatic rings. The zero-order valence-electron chi connectivity index (χ0n) is 9.93. The summed E-state index contributed by atoms with van der Waals surface area (Å²) in [7, 11) is 0. The molecule has 0 fully saturated rings. The lowest BCUT2D eigenvalue weighted by atomic mass is 9.97. The van der Waals surface area contributed by atoms with Crippen molar-refractivity contribution in [1.82, 2.24) is 0 Å². The smallest absolute Gasteiger partial charge is 0.176 e. The second-order valence-electron chi connectivity index (χ2n) is 4.22. The highest BCUT2D eigenvalue weighted by atomic mass is 16.5. The van der Waals surface area contributed by atoms with Crippen molar-refractivity contribution in [2.24, 2.45) is 0 Å². The van der Waals surface area contributed by atoms with Gasteiger partial charge in [0.1, 0.15) is 0 Å². The topological polar surface area (TPSA) is 73.7 Å². The summed E-state index contributed by atoms with van der Waals surface area (Å²) in [4.78, 5) is 0. The van der Waals surface area contributed by atoms with Gasteiger partial charge in [0.25, 0.3) is 0 Å². The average Bonchev–Trinajstić information content (AvgIpc) is 2.33. The number of nitriles is 2. The lowest BCUT2D eigenvalue weighted by Gasteiger charge is -2.22. The minimum absolute atomic E-state index is 0.140. The summed E-state index contributed by atoms with van der Waals surface area (Å²) < 4.78 is 1.06. The van der Waals surface area contributed by atoms with Crippen LogP contribution in [0.3, 0.4) is 0 Å². The minimum atomic E-state index is -0.140. The van der Waals surface area contributed by atoms with Crippen LogP contribution in [0.4, 0.5) is 0 Å². The summed E-state index contributed by atoms with van der Waals surface area (Å²) in [6, 6.07) is 3.87. The molecule has 4 heteroatoms. The first-order chi connectivity index (χ1) is 8.29. The summed E-state index contributed by atoms with van der Waals surface area (Å²) in [6.07, 6.45) is 8.81. The minimum Gasteiger partial charge on any atom is -0.624 e. The number of hydroxylamine groups is 1. The maximum absolute atomic E-state index is 11.9. The SMILES string of the molecule is N#C/C=C/CCCC1=[N+]([O-])C(CC#N)CCC1. The molecular weight excluding hydrogens is 214 g/mol. The van der Waals surface area contributed by atoms with Gasteiger partial charge >= 0.3 is 0 Å². The van der Waals surface area contributed by atoms with Gasteiger partial charge in [-0.2, -0.15) is 10.5 Å². The molecule has 0 bridgehead atoms. The lowest BCUT2D eigenvalue weighted by molar-refractivity contribution is -0.508. The third kappa shape index (κ3) is 4.28. The number of hydrogen-bond donors (Lipinski definition) is 0. The Morgan fingerprint density at radius 1 is 1.47 bits per heavy atom. The molecule has 0 saturated heterocycles. The van der Waals surface area contributed by atoms with E-state index < -0.39 is 0 Å². The van der Waals surface area contributed by atoms with Crippen molar-refractivity contribution in [1.29, 1.82) is 10.5 Å². The Balaban J connectivity index is 2.46. The molecule has 1 aliphatic rings. The second kappa shape index (κ2) is 7.46. The summed E-state index contributed by atoms with van der Waals surface area (Å²) in [6.45, 7) is 0. The van der Waals surface area contributed by atoms with Crippen LogP contribution in [-0.4, -0.2) is 16.5 Å². The largest absolute Gasteiger partial charge is 0.624 e. The molecule has 0 saturated carbocycles. The Morgan fingerprint density at radius 3 is 3.00 bits per heavy atom. The van der Waals surface area contributed by atoms with Crippen molar-refractivity contribution in [3.05, 3.63) is 17.4 Å². The molecule has 0 amide bonds. The van der Waals surface area contributed by atoms with Crippen molar-refractivity contribution in [3.63, 3.8) is 0 Å². The van der Waals surface area contributed by atoms with Gasteiger partial charge in [-0.15, -0.1) is 0 Å². The molecule has 0 N–H and O–H groups in total. The zero-order valence-corrected chi connectivity index (χ0v) is 9.93. The molecule has 17 heavy (non-hydrogen) atoms. The van der Waals surface area contributed by atoms with Crippen LogP contribution in [0.5, 0.6) is 0 Å². The van der Waals surface area contributed by atoms with Crippen LogP contribution < -0.4 is 0 Å². The summed E-state index contributed by atoms with van der Waals surface area (Å²) >= 11 is 0. The van der Waals surface area contributed by atoms with Gasteiger partial charge in [-0.3, -0.25) is 0 Å². The average molecular weight is 231 g/mol. The van der Waals surface area contributed by atoms with E-state index in [0.29, 0.717) is 6.42 Å². The van der Waals surface area contributed by atoms with E-state index >= 15 is 0 Å². The maximum atomic E-state index is 11.9. The van der Waals surface area contributed by atoms with Crippen LogP contribution in [0.25, 0.3) is 0 Å². The third-order valence-electron chi connectivity index (χ3n) is 3.00. The van der Waals surface area contributed by atoms with Crippen LogP contribution in [0.1, 0.15) is 44.9 Å². The number of unbranched alkanes of at least 4 members (excludes halogenated alkanes) is 1. The van der Waals surface area contributed by atoms with Gasteiger partial charge in [0.15, 0.2) is 11.8 Å². The van der Waals surface area contributed by atoms with E-state index in [2.05, 4.69) is 6.07 Å². The monoisotopic (exact) mass is 231 g/mol. The second-order valence-corrected chi connectivity index (χ2v) is 4.22. The molecular formula is C13H17N3O. The van der Waals surface area contributed by atoms with Gasteiger partial charge in [0.05, 0.1) is 18.6 Å². The van der Waals surface area contributed by atoms with E-state index in [1.165, 1.54) is 6.08 Å². The Morgan fingerprint density at radius 2 is 2.29 bits per heavy atom. The molecule has 0 aliphatic carbocycles. The van der Waals surface area contributed by atoms with Crippen molar-refractivity contribution in [2.45, 2.75) is 51.0 Å². The van der Waals surface area contributed by atoms with E-state index in [0.717, 1.165) is 49.0 Å². The van der Waals surface area contributed by atoms with Gasteiger partial charge in [0, 0.05) is 25.3 Å². The number of rotatable bonds is 5. The van der Waals surface area contributed by atoms with E-state index in [-0.39, 0.29) is 6.04 Å². The third-order valence-corrected chi connectivity index (χ3v) is 3.00. The number of nitrogens with zero attached hydrogens (tertiary/aromatic N) is 3. The van der Waals surface area contributed by atoms with Gasteiger partial charge in [0.2, 0.25) is 0 Å². The summed E-state index contributed by atoms with van der Waals surface area (Å²) in [5.74, 6) is 0. The van der Waals surface area contributed by atoms with Crippen LogP contribution in [0.2, 0.25) is 0 Å². The molecule has 4 nitrogen and oxygen atoms in total. The number of hydrogen-bond acceptors (Lipinski definition) is 3. The van der Waals surface area contributed by atoms with Crippen molar-refractivity contribution < 1.29 is 4.74 Å². The summed E-state index contributed by atoms with van der Waals surface area (Å²) in [5, 5.41) is 28.8. The molecule has 0 spiro atoms. The molecule has 1 atom stereocenters. The lowest BCUT2D eigenvalue weighted by Crippen LogP contribution is -2.31. The first-order valence-electron chi connectivity index (χ1n) is 6.02. The van der Waals surface area contributed by atoms with E-state index in [1.807, 2.05) is 12.1 Å². The van der Waals surface area contributed by atoms with Crippen LogP contribution in [0.15, 0.2) is 12.2 Å². The first-order valence-corrected chi connectivity index (χ1v) is 6.02. The quantitative estimate of drug-likeness (QED) is 0.316. The van der Waals surface area contributed by atoms with Crippen LogP contribution in [0, 0.1) is 27.9 Å². The van der Waals surface area contributed by atoms with Gasteiger partial charge in [-0.25, -0.2) is 4.74 Å². The Kier molecular flexibility index (Phi) is 5.82. The zero-order chi connectivity index (χ0) is 12.5. The fraction of sp³-hybridized carbons (Fsp3) is 0.615. The van der Waals surface area contributed by atoms with Crippen LogP contribution in [-0.2, 0) is 0 Å². The van der Waals surface area contributed by atoms with Gasteiger partial charge in [-0.1, -0.05) is 6.08 Å². The van der Waals surface area contributed by atoms with Crippen molar-refractivity contribution in [3.8, 4) is 12.1 Å². The molecule has 1 unspecified atom stereocenters. The highest BCUT2D eigenvalue weighted by molar-refractivity contribution is 5.80. The highest BCUT2D eigenvalue weighted by Crippen LogP contribution is 2.18. The van der Waals surface area contributed by atoms with E-state index in [1.54, 1.807) is 0 Å². The highest BCUT2D eigenvalue weighted by Gasteiger charge is 2.24. The fourth-order valence-corrected chi connectivity index (χ4v) is 2.11. The molecule has 90 valence electrons. The van der Waals surface area contributed by atoms with Gasteiger partial charge in [-0.05, 0) is 19.3 Å². The maximum Gasteiger partial charge on any atom is 0.176 e. The van der Waals surface area contributed by atoms with Crippen molar-refractivity contribution >= 4 is 5.71 Å². The Hall–Kier alpha value is -1.81. The Labute approximate surface area is 102 Å². The van der Waals surface area contributed by atoms with Crippen molar-refractivity contribution in [2.75, 3.05) is 0 Å². The first kappa shape index (κ1) is 13.3. The standard InChI is InChI=1S/C13H17N3O/c14-10-4-2-1-3-6-12-7-5-8-13(9-11-15)16(12)17/h2,4,13H,1,3,5-9H2/b4-2+. The van der Waals surface area contributed by atoms with E-state index in [9.17, 15) is 5.21 Å². The predicted molar refractivity (Wildman–Crippen MR) is 65.1 cm³/mol. The fourth-order valence-electron chi connectivity index (χ4n) is 2.11. The van der Waals surface area contributed by atoms with Crippen LogP contribution >= 0.6 is 0 Å². The molecule has 0 aromatic heterocycles. The predicted octanol–water partition coefficient (Wildman–Crippen LogP) is 2.65. The molecule has 1 rings (SSSR count). The number of allylic oxidation sites excluding steroid dienone is 2. The van der Waals surface area contributed by atoms with E-state index in [4.69, 9.17) is 10.5 Å².